The second-order valence-corrected chi connectivity index (χ2v) is 6.29. The molecule has 0 N–H and O–H groups in total. The Kier molecular flexibility index (Phi) is 4.68. The fourth-order valence-electron chi connectivity index (χ4n) is 2.58. The highest BCUT2D eigenvalue weighted by atomic mass is 32.1. The maximum absolute atomic E-state index is 12.5. The predicted molar refractivity (Wildman–Crippen MR) is 88.5 cm³/mol. The van der Waals surface area contributed by atoms with Gasteiger partial charge in [0.05, 0.1) is 5.01 Å². The van der Waals surface area contributed by atoms with Crippen molar-refractivity contribution in [3.63, 3.8) is 0 Å². The number of aryl methyl sites for hydroxylation is 1. The van der Waals surface area contributed by atoms with Crippen molar-refractivity contribution in [3.05, 3.63) is 40.5 Å². The number of nitrogens with zero attached hydrogens (tertiary/aromatic N) is 4. The molecule has 6 heteroatoms. The van der Waals surface area contributed by atoms with Crippen molar-refractivity contribution >= 4 is 23.1 Å². The summed E-state index contributed by atoms with van der Waals surface area (Å²) in [6.07, 6.45) is 3.81. The molecule has 0 aromatic carbocycles. The zero-order valence-corrected chi connectivity index (χ0v) is 13.6. The average molecular weight is 316 g/mol. The first-order chi connectivity index (χ1) is 10.8. The number of pyridine rings is 1. The summed E-state index contributed by atoms with van der Waals surface area (Å²) in [7, 11) is 0. The molecule has 2 aromatic rings. The van der Waals surface area contributed by atoms with Crippen molar-refractivity contribution in [1.29, 1.82) is 0 Å². The normalized spacial score (nSPS) is 15.1. The third-order valence-electron chi connectivity index (χ3n) is 3.77. The SMILES string of the molecule is CCCc1nc(C(=O)N2CCN(c3ccccn3)CC2)cs1. The van der Waals surface area contributed by atoms with Crippen LogP contribution in [0.4, 0.5) is 5.82 Å². The molecule has 1 fully saturated rings. The summed E-state index contributed by atoms with van der Waals surface area (Å²) in [5.74, 6) is 1.03. The highest BCUT2D eigenvalue weighted by Gasteiger charge is 2.24. The van der Waals surface area contributed by atoms with Gasteiger partial charge in [-0.1, -0.05) is 13.0 Å². The molecule has 116 valence electrons. The molecule has 3 heterocycles. The molecule has 1 saturated heterocycles. The molecular formula is C16H20N4OS. The lowest BCUT2D eigenvalue weighted by Gasteiger charge is -2.35. The van der Waals surface area contributed by atoms with Crippen LogP contribution < -0.4 is 4.90 Å². The maximum atomic E-state index is 12.5. The van der Waals surface area contributed by atoms with E-state index in [0.29, 0.717) is 5.69 Å². The summed E-state index contributed by atoms with van der Waals surface area (Å²) in [4.78, 5) is 25.4. The van der Waals surface area contributed by atoms with Crippen LogP contribution in [-0.4, -0.2) is 47.0 Å². The molecule has 0 spiro atoms. The molecule has 0 radical (unpaired) electrons. The molecule has 0 unspecified atom stereocenters. The largest absolute Gasteiger partial charge is 0.353 e. The van der Waals surface area contributed by atoms with E-state index in [9.17, 15) is 4.79 Å². The van der Waals surface area contributed by atoms with Crippen molar-refractivity contribution in [1.82, 2.24) is 14.9 Å². The number of carbonyl (C=O) groups excluding carboxylic acids is 1. The second kappa shape index (κ2) is 6.87. The van der Waals surface area contributed by atoms with Crippen molar-refractivity contribution in [2.45, 2.75) is 19.8 Å². The number of hydrogen-bond donors (Lipinski definition) is 0. The van der Waals surface area contributed by atoms with Gasteiger partial charge in [0.15, 0.2) is 0 Å². The Balaban J connectivity index is 1.59. The lowest BCUT2D eigenvalue weighted by Crippen LogP contribution is -2.49. The van der Waals surface area contributed by atoms with Gasteiger partial charge in [-0.25, -0.2) is 9.97 Å². The number of rotatable bonds is 4. The van der Waals surface area contributed by atoms with E-state index in [-0.39, 0.29) is 5.91 Å². The van der Waals surface area contributed by atoms with E-state index in [1.165, 1.54) is 0 Å². The minimum absolute atomic E-state index is 0.0549. The molecule has 1 aliphatic rings. The zero-order chi connectivity index (χ0) is 15.4. The van der Waals surface area contributed by atoms with Crippen LogP contribution in [0.2, 0.25) is 0 Å². The summed E-state index contributed by atoms with van der Waals surface area (Å²) in [5, 5.41) is 2.94. The molecule has 0 aliphatic carbocycles. The Labute approximate surface area is 134 Å². The number of thiazole rings is 1. The Morgan fingerprint density at radius 3 is 2.77 bits per heavy atom. The molecule has 1 amide bonds. The van der Waals surface area contributed by atoms with Crippen LogP contribution in [0.25, 0.3) is 0 Å². The number of aromatic nitrogens is 2. The summed E-state index contributed by atoms with van der Waals surface area (Å²) >= 11 is 1.58. The topological polar surface area (TPSA) is 49.3 Å². The third kappa shape index (κ3) is 3.27. The second-order valence-electron chi connectivity index (χ2n) is 5.34. The minimum atomic E-state index is 0.0549. The summed E-state index contributed by atoms with van der Waals surface area (Å²) in [5.41, 5.74) is 0.597. The highest BCUT2D eigenvalue weighted by Crippen LogP contribution is 2.16. The van der Waals surface area contributed by atoms with Crippen LogP contribution in [0.5, 0.6) is 0 Å². The Morgan fingerprint density at radius 2 is 2.09 bits per heavy atom. The first-order valence-electron chi connectivity index (χ1n) is 7.67. The zero-order valence-electron chi connectivity index (χ0n) is 12.7. The van der Waals surface area contributed by atoms with E-state index in [4.69, 9.17) is 0 Å². The molecule has 2 aromatic heterocycles. The lowest BCUT2D eigenvalue weighted by atomic mass is 10.2. The van der Waals surface area contributed by atoms with Gasteiger partial charge >= 0.3 is 0 Å². The predicted octanol–water partition coefficient (Wildman–Crippen LogP) is 2.45. The molecule has 0 saturated carbocycles. The number of piperazine rings is 1. The van der Waals surface area contributed by atoms with Crippen LogP contribution in [0.3, 0.4) is 0 Å². The van der Waals surface area contributed by atoms with E-state index < -0.39 is 0 Å². The van der Waals surface area contributed by atoms with Crippen LogP contribution in [0.1, 0.15) is 28.8 Å². The smallest absolute Gasteiger partial charge is 0.273 e. The van der Waals surface area contributed by atoms with Gasteiger partial charge in [-0.15, -0.1) is 11.3 Å². The highest BCUT2D eigenvalue weighted by molar-refractivity contribution is 7.09. The van der Waals surface area contributed by atoms with Gasteiger partial charge < -0.3 is 9.80 Å². The maximum Gasteiger partial charge on any atom is 0.273 e. The van der Waals surface area contributed by atoms with Crippen molar-refractivity contribution in [2.24, 2.45) is 0 Å². The number of hydrogen-bond acceptors (Lipinski definition) is 5. The van der Waals surface area contributed by atoms with Crippen LogP contribution in [-0.2, 0) is 6.42 Å². The molecule has 0 bridgehead atoms. The molecule has 1 aliphatic heterocycles. The standard InChI is InChI=1S/C16H20N4OS/c1-2-5-15-18-13(12-22-15)16(21)20-10-8-19(9-11-20)14-6-3-4-7-17-14/h3-4,6-7,12H,2,5,8-11H2,1H3. The first-order valence-corrected chi connectivity index (χ1v) is 8.55. The molecule has 5 nitrogen and oxygen atoms in total. The Bertz CT molecular complexity index is 620. The fourth-order valence-corrected chi connectivity index (χ4v) is 3.45. The van der Waals surface area contributed by atoms with Crippen molar-refractivity contribution in [3.8, 4) is 0 Å². The minimum Gasteiger partial charge on any atom is -0.353 e. The van der Waals surface area contributed by atoms with Crippen molar-refractivity contribution < 1.29 is 4.79 Å². The third-order valence-corrected chi connectivity index (χ3v) is 4.68. The van der Waals surface area contributed by atoms with Crippen LogP contribution in [0, 0.1) is 0 Å². The van der Waals surface area contributed by atoms with Gasteiger partial charge in [-0.3, -0.25) is 4.79 Å². The Hall–Kier alpha value is -1.95. The molecule has 3 rings (SSSR count). The molecular weight excluding hydrogens is 296 g/mol. The molecule has 0 atom stereocenters. The van der Waals surface area contributed by atoms with Gasteiger partial charge in [0.2, 0.25) is 0 Å². The van der Waals surface area contributed by atoms with E-state index in [1.807, 2.05) is 28.5 Å². The Morgan fingerprint density at radius 1 is 1.27 bits per heavy atom. The number of carbonyl (C=O) groups is 1. The number of amides is 1. The first kappa shape index (κ1) is 15.0. The van der Waals surface area contributed by atoms with E-state index in [2.05, 4.69) is 21.8 Å². The van der Waals surface area contributed by atoms with Gasteiger partial charge in [-0.05, 0) is 25.0 Å². The van der Waals surface area contributed by atoms with E-state index in [0.717, 1.165) is 49.8 Å². The van der Waals surface area contributed by atoms with Gasteiger partial charge in [0, 0.05) is 37.8 Å². The van der Waals surface area contributed by atoms with Gasteiger partial charge in [0.1, 0.15) is 11.5 Å². The monoisotopic (exact) mass is 316 g/mol. The summed E-state index contributed by atoms with van der Waals surface area (Å²) in [6, 6.07) is 5.92. The van der Waals surface area contributed by atoms with Gasteiger partial charge in [-0.2, -0.15) is 0 Å². The summed E-state index contributed by atoms with van der Waals surface area (Å²) in [6.45, 7) is 5.19. The molecule has 22 heavy (non-hydrogen) atoms. The van der Waals surface area contributed by atoms with E-state index >= 15 is 0 Å². The lowest BCUT2D eigenvalue weighted by molar-refractivity contribution is 0.0741. The van der Waals surface area contributed by atoms with Gasteiger partial charge in [0.25, 0.3) is 5.91 Å². The fraction of sp³-hybridized carbons (Fsp3) is 0.438. The van der Waals surface area contributed by atoms with E-state index in [1.54, 1.807) is 17.5 Å². The summed E-state index contributed by atoms with van der Waals surface area (Å²) < 4.78 is 0. The van der Waals surface area contributed by atoms with Crippen LogP contribution in [0.15, 0.2) is 29.8 Å². The van der Waals surface area contributed by atoms with Crippen molar-refractivity contribution in [2.75, 3.05) is 31.1 Å². The van der Waals surface area contributed by atoms with Crippen LogP contribution >= 0.6 is 11.3 Å². The quantitative estimate of drug-likeness (QED) is 0.869. The number of anilines is 1. The average Bonchev–Trinajstić information content (AvgIpc) is 3.04.